The molecule has 2 N–H and O–H groups in total. The predicted octanol–water partition coefficient (Wildman–Crippen LogP) is 0.796. The molecule has 0 fully saturated rings. The summed E-state index contributed by atoms with van der Waals surface area (Å²) in [5.41, 5.74) is 3.06. The van der Waals surface area contributed by atoms with Crippen molar-refractivity contribution in [3.63, 3.8) is 0 Å². The van der Waals surface area contributed by atoms with E-state index >= 15 is 0 Å². The standard InChI is InChI=1S/C11H16N4O3S2/c1-7-10(19-6-12-7)4-15(3)20(17,18)11-8(2)13-14-9(11)5-16/h6,16H,4-5H2,1-3H3,(H,13,14). The number of nitrogens with zero attached hydrogens (tertiary/aromatic N) is 3. The second-order valence-electron chi connectivity index (χ2n) is 4.40. The molecule has 0 radical (unpaired) electrons. The summed E-state index contributed by atoms with van der Waals surface area (Å²) in [6.07, 6.45) is 0. The van der Waals surface area contributed by atoms with Crippen LogP contribution in [0.25, 0.3) is 0 Å². The van der Waals surface area contributed by atoms with Gasteiger partial charge in [0.05, 0.1) is 23.5 Å². The van der Waals surface area contributed by atoms with Crippen molar-refractivity contribution in [3.05, 3.63) is 27.5 Å². The lowest BCUT2D eigenvalue weighted by molar-refractivity contribution is 0.273. The topological polar surface area (TPSA) is 99.2 Å². The third kappa shape index (κ3) is 2.62. The summed E-state index contributed by atoms with van der Waals surface area (Å²) in [4.78, 5) is 5.04. The zero-order valence-corrected chi connectivity index (χ0v) is 13.0. The Kier molecular flexibility index (Phi) is 4.23. The number of aliphatic hydroxyl groups excluding tert-OH is 1. The van der Waals surface area contributed by atoms with Crippen LogP contribution in [0.5, 0.6) is 0 Å². The van der Waals surface area contributed by atoms with Crippen LogP contribution in [0.1, 0.15) is 22.0 Å². The van der Waals surface area contributed by atoms with Gasteiger partial charge >= 0.3 is 0 Å². The normalized spacial score (nSPS) is 12.2. The van der Waals surface area contributed by atoms with E-state index in [-0.39, 0.29) is 17.1 Å². The van der Waals surface area contributed by atoms with Crippen LogP contribution in [0.3, 0.4) is 0 Å². The van der Waals surface area contributed by atoms with Gasteiger partial charge in [-0.25, -0.2) is 13.4 Å². The van der Waals surface area contributed by atoms with E-state index in [1.54, 1.807) is 12.4 Å². The molecule has 0 aromatic carbocycles. The molecule has 7 nitrogen and oxygen atoms in total. The fraction of sp³-hybridized carbons (Fsp3) is 0.455. The van der Waals surface area contributed by atoms with E-state index in [1.165, 1.54) is 22.7 Å². The number of hydrogen-bond donors (Lipinski definition) is 2. The van der Waals surface area contributed by atoms with E-state index in [4.69, 9.17) is 0 Å². The molecule has 0 atom stereocenters. The molecule has 0 bridgehead atoms. The van der Waals surface area contributed by atoms with E-state index in [0.717, 1.165) is 10.6 Å². The molecule has 9 heteroatoms. The van der Waals surface area contributed by atoms with Gasteiger partial charge in [-0.2, -0.15) is 9.40 Å². The van der Waals surface area contributed by atoms with Crippen molar-refractivity contribution in [1.29, 1.82) is 0 Å². The highest BCUT2D eigenvalue weighted by Crippen LogP contribution is 2.24. The zero-order chi connectivity index (χ0) is 14.9. The highest BCUT2D eigenvalue weighted by Gasteiger charge is 2.28. The predicted molar refractivity (Wildman–Crippen MR) is 74.8 cm³/mol. The largest absolute Gasteiger partial charge is 0.390 e. The van der Waals surface area contributed by atoms with Gasteiger partial charge < -0.3 is 5.11 Å². The first-order chi connectivity index (χ1) is 9.37. The Morgan fingerprint density at radius 3 is 2.70 bits per heavy atom. The number of thiazole rings is 1. The maximum Gasteiger partial charge on any atom is 0.246 e. The van der Waals surface area contributed by atoms with E-state index in [0.29, 0.717) is 5.69 Å². The van der Waals surface area contributed by atoms with Gasteiger partial charge in [-0.15, -0.1) is 11.3 Å². The Balaban J connectivity index is 2.35. The molecule has 0 aliphatic rings. The van der Waals surface area contributed by atoms with E-state index in [1.807, 2.05) is 6.92 Å². The van der Waals surface area contributed by atoms with E-state index in [9.17, 15) is 13.5 Å². The molecule has 20 heavy (non-hydrogen) atoms. The van der Waals surface area contributed by atoms with Gasteiger partial charge in [-0.3, -0.25) is 5.10 Å². The van der Waals surface area contributed by atoms with Gasteiger partial charge in [0.2, 0.25) is 10.0 Å². The van der Waals surface area contributed by atoms with Crippen LogP contribution in [0, 0.1) is 13.8 Å². The average Bonchev–Trinajstić information content (AvgIpc) is 2.96. The molecule has 0 unspecified atom stereocenters. The number of nitrogens with one attached hydrogen (secondary N) is 1. The monoisotopic (exact) mass is 316 g/mol. The smallest absolute Gasteiger partial charge is 0.246 e. The third-order valence-corrected chi connectivity index (χ3v) is 5.92. The van der Waals surface area contributed by atoms with Crippen molar-refractivity contribution in [2.24, 2.45) is 0 Å². The number of aromatic amines is 1. The molecule has 2 rings (SSSR count). The third-order valence-electron chi connectivity index (χ3n) is 2.99. The molecule has 0 saturated heterocycles. The molecule has 0 aliphatic carbocycles. The summed E-state index contributed by atoms with van der Waals surface area (Å²) in [7, 11) is -2.20. The fourth-order valence-electron chi connectivity index (χ4n) is 1.84. The number of rotatable bonds is 5. The van der Waals surface area contributed by atoms with Gasteiger partial charge in [0, 0.05) is 18.5 Å². The average molecular weight is 316 g/mol. The molecule has 0 amide bonds. The van der Waals surface area contributed by atoms with E-state index in [2.05, 4.69) is 15.2 Å². The van der Waals surface area contributed by atoms with Gasteiger partial charge in [0.15, 0.2) is 0 Å². The van der Waals surface area contributed by atoms with Crippen LogP contribution in [0.15, 0.2) is 10.4 Å². The lowest BCUT2D eigenvalue weighted by Crippen LogP contribution is -2.27. The van der Waals surface area contributed by atoms with Gasteiger partial charge in [0.1, 0.15) is 10.6 Å². The minimum Gasteiger partial charge on any atom is -0.390 e. The molecular weight excluding hydrogens is 300 g/mol. The number of H-pyrrole nitrogens is 1. The molecule has 2 aromatic heterocycles. The van der Waals surface area contributed by atoms with Crippen molar-refractivity contribution in [2.75, 3.05) is 7.05 Å². The number of aliphatic hydroxyl groups is 1. The minimum atomic E-state index is -3.70. The highest BCUT2D eigenvalue weighted by molar-refractivity contribution is 7.89. The summed E-state index contributed by atoms with van der Waals surface area (Å²) >= 11 is 1.42. The highest BCUT2D eigenvalue weighted by atomic mass is 32.2. The van der Waals surface area contributed by atoms with Crippen LogP contribution >= 0.6 is 11.3 Å². The number of aromatic nitrogens is 3. The van der Waals surface area contributed by atoms with Crippen molar-refractivity contribution in [1.82, 2.24) is 19.5 Å². The molecular formula is C11H16N4O3S2. The quantitative estimate of drug-likeness (QED) is 0.850. The fourth-order valence-corrected chi connectivity index (χ4v) is 4.20. The van der Waals surface area contributed by atoms with Crippen molar-refractivity contribution in [3.8, 4) is 0 Å². The zero-order valence-electron chi connectivity index (χ0n) is 11.4. The van der Waals surface area contributed by atoms with Crippen LogP contribution < -0.4 is 0 Å². The van der Waals surface area contributed by atoms with Gasteiger partial charge in [-0.05, 0) is 13.8 Å². The summed E-state index contributed by atoms with van der Waals surface area (Å²) in [5, 5.41) is 15.6. The number of sulfonamides is 1. The lowest BCUT2D eigenvalue weighted by atomic mass is 10.4. The summed E-state index contributed by atoms with van der Waals surface area (Å²) in [6, 6.07) is 0. The summed E-state index contributed by atoms with van der Waals surface area (Å²) in [5.74, 6) is 0. The summed E-state index contributed by atoms with van der Waals surface area (Å²) < 4.78 is 26.4. The van der Waals surface area contributed by atoms with Crippen molar-refractivity contribution >= 4 is 21.4 Å². The first-order valence-corrected chi connectivity index (χ1v) is 8.20. The Morgan fingerprint density at radius 2 is 2.15 bits per heavy atom. The Morgan fingerprint density at radius 1 is 1.45 bits per heavy atom. The Hall–Kier alpha value is -1.29. The first kappa shape index (κ1) is 15.1. The van der Waals surface area contributed by atoms with Crippen molar-refractivity contribution < 1.29 is 13.5 Å². The molecule has 2 heterocycles. The van der Waals surface area contributed by atoms with Crippen molar-refractivity contribution in [2.45, 2.75) is 31.9 Å². The SMILES string of the molecule is Cc1ncsc1CN(C)S(=O)(=O)c1c(CO)n[nH]c1C. The molecule has 0 aliphatic heterocycles. The van der Waals surface area contributed by atoms with Crippen LogP contribution in [-0.2, 0) is 23.2 Å². The minimum absolute atomic E-state index is 0.0460. The molecule has 0 saturated carbocycles. The van der Waals surface area contributed by atoms with Crippen LogP contribution in [-0.4, -0.2) is 40.1 Å². The van der Waals surface area contributed by atoms with Crippen LogP contribution in [0.4, 0.5) is 0 Å². The van der Waals surface area contributed by atoms with Crippen LogP contribution in [0.2, 0.25) is 0 Å². The molecule has 0 spiro atoms. The summed E-state index contributed by atoms with van der Waals surface area (Å²) in [6.45, 7) is 3.28. The Bertz CT molecular complexity index is 705. The molecule has 2 aromatic rings. The second kappa shape index (κ2) is 5.60. The first-order valence-electron chi connectivity index (χ1n) is 5.88. The van der Waals surface area contributed by atoms with E-state index < -0.39 is 16.6 Å². The number of aryl methyl sites for hydroxylation is 2. The number of hydrogen-bond acceptors (Lipinski definition) is 6. The Labute approximate surface area is 121 Å². The second-order valence-corrected chi connectivity index (χ2v) is 7.33. The van der Waals surface area contributed by atoms with Gasteiger partial charge in [0.25, 0.3) is 0 Å². The maximum atomic E-state index is 12.6. The maximum absolute atomic E-state index is 12.6. The molecule has 110 valence electrons. The lowest BCUT2D eigenvalue weighted by Gasteiger charge is -2.17. The van der Waals surface area contributed by atoms with Gasteiger partial charge in [-0.1, -0.05) is 0 Å².